The molecule has 72 heavy (non-hydrogen) atoms. The maximum Gasteiger partial charge on any atom is 0.406 e. The summed E-state index contributed by atoms with van der Waals surface area (Å²) in [6.07, 6.45) is -0.815. The predicted octanol–water partition coefficient (Wildman–Crippen LogP) is 0.699. The van der Waals surface area contributed by atoms with E-state index in [1.54, 1.807) is 49.6 Å². The molecule has 0 aromatic heterocycles. The largest absolute Gasteiger partial charge is 0.469 e. The van der Waals surface area contributed by atoms with Crippen LogP contribution in [-0.2, 0) is 151 Å². The zero-order valence-corrected chi connectivity index (χ0v) is 51.2. The molecule has 0 saturated carbocycles. The molecule has 0 saturated heterocycles. The number of hydrogen-bond acceptors (Lipinski definition) is 23. The summed E-state index contributed by atoms with van der Waals surface area (Å²) in [5.41, 5.74) is 0. The second-order valence-electron chi connectivity index (χ2n) is 9.91. The van der Waals surface area contributed by atoms with Crippen molar-refractivity contribution in [3.05, 3.63) is 7.43 Å². The van der Waals surface area contributed by atoms with E-state index in [-0.39, 0.29) is 135 Å². The van der Waals surface area contributed by atoms with Gasteiger partial charge in [0.15, 0.2) is 6.79 Å². The van der Waals surface area contributed by atoms with Crippen molar-refractivity contribution in [3.8, 4) is 0 Å². The van der Waals surface area contributed by atoms with E-state index in [4.69, 9.17) is 0 Å². The Morgan fingerprint density at radius 2 is 0.694 bits per heavy atom. The van der Waals surface area contributed by atoms with Gasteiger partial charge in [0.25, 0.3) is 0 Å². The average Bonchev–Trinajstić information content (AvgIpc) is 3.31. The number of nitrogens with one attached hydrogen (secondary N) is 6. The van der Waals surface area contributed by atoms with Gasteiger partial charge in [-0.3, -0.25) is 33.6 Å². The summed E-state index contributed by atoms with van der Waals surface area (Å²) in [4.78, 5) is 98.4. The Morgan fingerprint density at radius 1 is 0.403 bits per heavy atom. The van der Waals surface area contributed by atoms with Crippen LogP contribution in [0.15, 0.2) is 0 Å². The van der Waals surface area contributed by atoms with Crippen molar-refractivity contribution in [2.24, 2.45) is 0 Å². The third-order valence-corrected chi connectivity index (χ3v) is 4.18. The quantitative estimate of drug-likeness (QED) is 0.0759. The van der Waals surface area contributed by atoms with Crippen LogP contribution in [0.3, 0.4) is 0 Å². The van der Waals surface area contributed by atoms with E-state index in [1.807, 2.05) is 0 Å². The number of esters is 4. The normalized spacial score (nSPS) is 7.11. The van der Waals surface area contributed by atoms with Gasteiger partial charge >= 0.3 is 36.1 Å². The summed E-state index contributed by atoms with van der Waals surface area (Å²) in [6.45, 7) is 9.37. The Balaban J connectivity index is -0.0000000312. The van der Waals surface area contributed by atoms with Crippen molar-refractivity contribution in [1.82, 2.24) is 31.9 Å². The molecule has 0 aliphatic rings. The number of methoxy groups -OCH3 is 12. The number of carbonyl (C=O) groups excluding carboxylic acids is 10. The Kier molecular flexibility index (Phi) is 182. The van der Waals surface area contributed by atoms with Crippen LogP contribution in [0.2, 0.25) is 0 Å². The average molecular weight is 1180 g/mol. The van der Waals surface area contributed by atoms with Gasteiger partial charge in [-0.1, -0.05) is 7.43 Å². The molecule has 2 radical (unpaired) electrons. The first-order valence-corrected chi connectivity index (χ1v) is 18.7. The first kappa shape index (κ1) is 113. The van der Waals surface area contributed by atoms with Crippen molar-refractivity contribution in [2.75, 3.05) is 161 Å². The Hall–Kier alpha value is -4.29. The van der Waals surface area contributed by atoms with E-state index in [0.29, 0.717) is 13.5 Å². The molecule has 0 unspecified atom stereocenters. The molecule has 0 aliphatic carbocycles. The molecule has 6 N–H and O–H groups in total. The molecule has 438 valence electrons. The number of alkyl carbamates (subject to hydrolysis) is 2. The number of likely N-dealkylation sites (N-methyl/N-ethyl adjacent to an activating group) is 1. The Labute approximate surface area is 469 Å². The summed E-state index contributed by atoms with van der Waals surface area (Å²) >= 11 is 0. The zero-order chi connectivity index (χ0) is 56.7. The molecule has 0 bridgehead atoms. The number of ether oxygens (including phenoxy) is 13. The molecule has 0 heterocycles. The van der Waals surface area contributed by atoms with Gasteiger partial charge in [0.1, 0.15) is 26.7 Å². The summed E-state index contributed by atoms with van der Waals surface area (Å²) in [5.74, 6) is -1.31. The smallest absolute Gasteiger partial charge is 0.406 e. The van der Waals surface area contributed by atoms with E-state index in [2.05, 4.69) is 93.5 Å². The first-order valence-electron chi connectivity index (χ1n) is 18.7. The van der Waals surface area contributed by atoms with Crippen LogP contribution < -0.4 is 31.9 Å². The number of hydrogen-bond donors (Lipinski definition) is 6. The predicted molar refractivity (Wildman–Crippen MR) is 264 cm³/mol. The van der Waals surface area contributed by atoms with Gasteiger partial charge in [0, 0.05) is 186 Å². The van der Waals surface area contributed by atoms with Gasteiger partial charge in [-0.05, 0) is 0 Å². The van der Waals surface area contributed by atoms with Crippen LogP contribution in [0.5, 0.6) is 0 Å². The second-order valence-corrected chi connectivity index (χ2v) is 9.91. The minimum atomic E-state index is -0.407. The Morgan fingerprint density at radius 3 is 0.750 bits per heavy atom. The van der Waals surface area contributed by atoms with E-state index in [0.717, 1.165) is 0 Å². The van der Waals surface area contributed by atoms with Gasteiger partial charge in [0.05, 0.1) is 35.5 Å². The fourth-order valence-electron chi connectivity index (χ4n) is 1.02. The van der Waals surface area contributed by atoms with Gasteiger partial charge in [-0.2, -0.15) is 0 Å². The first-order chi connectivity index (χ1) is 31.7. The van der Waals surface area contributed by atoms with E-state index < -0.39 is 12.2 Å². The topological polar surface area (TPSA) is 363 Å². The fraction of sp³-hybridized carbons (Fsp3) is 0.732. The number of rotatable bonds is 10. The fourth-order valence-corrected chi connectivity index (χ4v) is 1.02. The van der Waals surface area contributed by atoms with Crippen LogP contribution >= 0.6 is 0 Å². The van der Waals surface area contributed by atoms with Gasteiger partial charge < -0.3 is 101 Å². The molecule has 29 nitrogen and oxygen atoms in total. The summed E-state index contributed by atoms with van der Waals surface area (Å²) in [7, 11) is 26.8. The summed E-state index contributed by atoms with van der Waals surface area (Å²) < 4.78 is 56.1. The van der Waals surface area contributed by atoms with Crippen LogP contribution in [0.4, 0.5) is 9.59 Å². The third-order valence-electron chi connectivity index (χ3n) is 4.18. The van der Waals surface area contributed by atoms with E-state index in [9.17, 15) is 47.9 Å². The molecular weight excluding hydrogens is 1080 g/mol. The Bertz CT molecular complexity index is 1020. The van der Waals surface area contributed by atoms with Crippen molar-refractivity contribution >= 4 is 59.7 Å². The molecule has 0 atom stereocenters. The maximum atomic E-state index is 10.2. The molecule has 0 fully saturated rings. The van der Waals surface area contributed by atoms with Gasteiger partial charge in [-0.25, -0.2) is 14.4 Å². The summed E-state index contributed by atoms with van der Waals surface area (Å²) in [5, 5.41) is 14.1. The minimum Gasteiger partial charge on any atom is -0.469 e. The van der Waals surface area contributed by atoms with Crippen LogP contribution in [0.25, 0.3) is 0 Å². The van der Waals surface area contributed by atoms with Crippen molar-refractivity contribution in [3.63, 3.8) is 0 Å². The third kappa shape index (κ3) is 274. The molecule has 31 heteroatoms. The van der Waals surface area contributed by atoms with Crippen LogP contribution in [-0.4, -0.2) is 221 Å². The van der Waals surface area contributed by atoms with E-state index >= 15 is 0 Å². The second kappa shape index (κ2) is 117. The van der Waals surface area contributed by atoms with Crippen molar-refractivity contribution < 1.29 is 162 Å². The SMILES string of the molecule is C.CNC(=O)COC.CNC(=O)OC.CNC(=O)OC.CNC(C)=O.CNC(C)=O.COC.COC(C)=O.COC(C)=O.COCC(=O)OC.COCNC(C)=O.COCOC.COCOC(C)=O.[CH3-].[HH].[V].[Y]. The standard InChI is InChI=1S/2C4H9NO2.2C4H8O3.2C3H7NO2.2C3H7NO.C3H8O2.2C3H6O2.C2H6O.CH4.CH3.V.Y.H2/c1-5-4(6)3-7-2;1-4(6)5-3-7-2;1-6-3-4(5)7-2;1-4(5)7-3-6-2;2*1-4-3(5)6-2;2*1-3(5)4-2;1-4-3-5-2;2*1-3(4)5-2;1-3-2;;;;;/h2*3H2,1-2H3,(H,5,6);2*3H2,1-2H3;2*1-2H3,(H,4,5);2*1-2H3,(H,4,5);3H2,1-2H3;2*1-2H3;1-2H3;1H4;1H3;;;1H/q;;;;;;;;;;;;;-1;;;. The molecular formula is C41H97N6O23VY-. The molecule has 0 aromatic rings. The van der Waals surface area contributed by atoms with Crippen molar-refractivity contribution in [1.29, 1.82) is 0 Å². The number of amides is 6. The van der Waals surface area contributed by atoms with Crippen LogP contribution in [0, 0.1) is 7.43 Å². The monoisotopic (exact) mass is 1180 g/mol. The van der Waals surface area contributed by atoms with Gasteiger partial charge in [0.2, 0.25) is 23.6 Å². The molecule has 0 rings (SSSR count). The number of carbonyl (C=O) groups is 10. The van der Waals surface area contributed by atoms with Crippen LogP contribution in [0.1, 0.15) is 50.4 Å². The maximum absolute atomic E-state index is 10.2. The van der Waals surface area contributed by atoms with E-state index in [1.165, 1.54) is 120 Å². The molecule has 6 amide bonds. The minimum absolute atomic E-state index is 0. The van der Waals surface area contributed by atoms with Gasteiger partial charge in [-0.15, -0.1) is 0 Å². The summed E-state index contributed by atoms with van der Waals surface area (Å²) in [6, 6.07) is 0. The zero-order valence-electron chi connectivity index (χ0n) is 46.9. The van der Waals surface area contributed by atoms with Crippen molar-refractivity contribution in [2.45, 2.75) is 49.0 Å². The molecule has 0 aromatic carbocycles. The molecule has 0 spiro atoms. The molecule has 0 aliphatic heterocycles.